The van der Waals surface area contributed by atoms with Crippen molar-refractivity contribution in [3.63, 3.8) is 0 Å². The van der Waals surface area contributed by atoms with Gasteiger partial charge in [-0.1, -0.05) is 37.1 Å². The SMILES string of the molecule is CCCCc1ccc(-n2nc3cc(Cl)c(NC(=O)c4ccc(Br)o4)cc3n2)cc1. The third-order valence-corrected chi connectivity index (χ3v) is 5.24. The minimum absolute atomic E-state index is 0.180. The molecule has 0 fully saturated rings. The van der Waals surface area contributed by atoms with Gasteiger partial charge in [0.15, 0.2) is 10.4 Å². The fourth-order valence-electron chi connectivity index (χ4n) is 2.95. The minimum Gasteiger partial charge on any atom is -0.444 e. The second-order valence-corrected chi connectivity index (χ2v) is 7.83. The summed E-state index contributed by atoms with van der Waals surface area (Å²) in [6.07, 6.45) is 3.41. The number of fused-ring (bicyclic) bond motifs is 1. The largest absolute Gasteiger partial charge is 0.444 e. The van der Waals surface area contributed by atoms with Crippen molar-refractivity contribution in [2.24, 2.45) is 0 Å². The van der Waals surface area contributed by atoms with Gasteiger partial charge in [-0.15, -0.1) is 10.2 Å². The lowest BCUT2D eigenvalue weighted by Gasteiger charge is -2.05. The maximum Gasteiger partial charge on any atom is 0.291 e. The lowest BCUT2D eigenvalue weighted by atomic mass is 10.1. The molecule has 0 aliphatic carbocycles. The first-order chi connectivity index (χ1) is 14.0. The average molecular weight is 474 g/mol. The van der Waals surface area contributed by atoms with E-state index >= 15 is 0 Å². The summed E-state index contributed by atoms with van der Waals surface area (Å²) < 4.78 is 5.75. The van der Waals surface area contributed by atoms with Crippen molar-refractivity contribution in [1.82, 2.24) is 15.0 Å². The number of hydrogen-bond donors (Lipinski definition) is 1. The molecule has 0 unspecified atom stereocenters. The third-order valence-electron chi connectivity index (χ3n) is 4.50. The van der Waals surface area contributed by atoms with E-state index < -0.39 is 5.91 Å². The van der Waals surface area contributed by atoms with Crippen molar-refractivity contribution in [1.29, 1.82) is 0 Å². The van der Waals surface area contributed by atoms with Crippen LogP contribution in [0.1, 0.15) is 35.9 Å². The number of amides is 1. The van der Waals surface area contributed by atoms with E-state index in [1.807, 2.05) is 12.1 Å². The van der Waals surface area contributed by atoms with E-state index in [2.05, 4.69) is 50.5 Å². The van der Waals surface area contributed by atoms with Crippen LogP contribution in [0.2, 0.25) is 5.02 Å². The van der Waals surface area contributed by atoms with Crippen LogP contribution in [0.5, 0.6) is 0 Å². The molecule has 1 amide bonds. The summed E-state index contributed by atoms with van der Waals surface area (Å²) in [6, 6.07) is 14.8. The van der Waals surface area contributed by atoms with E-state index in [9.17, 15) is 4.79 Å². The monoisotopic (exact) mass is 472 g/mol. The Kier molecular flexibility index (Phi) is 5.69. The van der Waals surface area contributed by atoms with Crippen LogP contribution in [0.4, 0.5) is 5.69 Å². The molecule has 4 rings (SSSR count). The Morgan fingerprint density at radius 2 is 1.86 bits per heavy atom. The summed E-state index contributed by atoms with van der Waals surface area (Å²) in [5.74, 6) is -0.216. The second-order valence-electron chi connectivity index (χ2n) is 6.64. The molecule has 4 aromatic rings. The van der Waals surface area contributed by atoms with Crippen molar-refractivity contribution in [3.05, 3.63) is 69.5 Å². The third kappa shape index (κ3) is 4.36. The minimum atomic E-state index is -0.396. The Morgan fingerprint density at radius 3 is 2.52 bits per heavy atom. The Morgan fingerprint density at radius 1 is 1.14 bits per heavy atom. The van der Waals surface area contributed by atoms with Gasteiger partial charge in [0, 0.05) is 0 Å². The molecule has 29 heavy (non-hydrogen) atoms. The number of carbonyl (C=O) groups excluding carboxylic acids is 1. The quantitative estimate of drug-likeness (QED) is 0.371. The molecule has 0 aliphatic rings. The number of benzene rings is 2. The zero-order valence-corrected chi connectivity index (χ0v) is 18.0. The van der Waals surface area contributed by atoms with Gasteiger partial charge in [-0.2, -0.15) is 4.80 Å². The first-order valence-corrected chi connectivity index (χ1v) is 10.4. The van der Waals surface area contributed by atoms with Gasteiger partial charge < -0.3 is 9.73 Å². The van der Waals surface area contributed by atoms with Crippen molar-refractivity contribution in [3.8, 4) is 5.69 Å². The number of nitrogens with one attached hydrogen (secondary N) is 1. The van der Waals surface area contributed by atoms with E-state index in [1.54, 1.807) is 29.1 Å². The van der Waals surface area contributed by atoms with Crippen LogP contribution in [-0.2, 0) is 6.42 Å². The molecule has 6 nitrogen and oxygen atoms in total. The smallest absolute Gasteiger partial charge is 0.291 e. The van der Waals surface area contributed by atoms with Crippen LogP contribution in [0, 0.1) is 0 Å². The van der Waals surface area contributed by atoms with Gasteiger partial charge in [-0.3, -0.25) is 4.79 Å². The Balaban J connectivity index is 1.59. The summed E-state index contributed by atoms with van der Waals surface area (Å²) >= 11 is 9.51. The number of anilines is 1. The fourth-order valence-corrected chi connectivity index (χ4v) is 3.46. The molecule has 1 N–H and O–H groups in total. The van der Waals surface area contributed by atoms with Gasteiger partial charge in [0.1, 0.15) is 11.0 Å². The highest BCUT2D eigenvalue weighted by Gasteiger charge is 2.15. The highest BCUT2D eigenvalue weighted by molar-refractivity contribution is 9.10. The summed E-state index contributed by atoms with van der Waals surface area (Å²) in [5.41, 5.74) is 3.87. The predicted molar refractivity (Wildman–Crippen MR) is 117 cm³/mol. The van der Waals surface area contributed by atoms with Crippen molar-refractivity contribution in [2.45, 2.75) is 26.2 Å². The van der Waals surface area contributed by atoms with Gasteiger partial charge in [0.2, 0.25) is 0 Å². The molecule has 0 aliphatic heterocycles. The number of hydrogen-bond acceptors (Lipinski definition) is 4. The standard InChI is InChI=1S/C21H18BrClN4O2/c1-2-3-4-13-5-7-14(8-6-13)27-25-17-11-15(23)16(12-18(17)26-27)24-21(28)19-9-10-20(22)29-19/h5-12H,2-4H2,1H3,(H,24,28). The van der Waals surface area contributed by atoms with Crippen LogP contribution in [0.3, 0.4) is 0 Å². The molecule has 2 aromatic heterocycles. The van der Waals surface area contributed by atoms with E-state index in [0.29, 0.717) is 26.4 Å². The van der Waals surface area contributed by atoms with Gasteiger partial charge in [0.25, 0.3) is 5.91 Å². The van der Waals surface area contributed by atoms with E-state index in [1.165, 1.54) is 18.4 Å². The topological polar surface area (TPSA) is 73.0 Å². The first kappa shape index (κ1) is 19.7. The maximum absolute atomic E-state index is 12.3. The summed E-state index contributed by atoms with van der Waals surface area (Å²) in [6.45, 7) is 2.18. The molecule has 148 valence electrons. The van der Waals surface area contributed by atoms with E-state index in [0.717, 1.165) is 12.1 Å². The lowest BCUT2D eigenvalue weighted by molar-refractivity contribution is 0.0995. The molecule has 2 heterocycles. The zero-order chi connectivity index (χ0) is 20.4. The number of halogens is 2. The normalized spacial score (nSPS) is 11.1. The molecular formula is C21H18BrClN4O2. The number of aryl methyl sites for hydroxylation is 1. The predicted octanol–water partition coefficient (Wildman–Crippen LogP) is 6.02. The Bertz CT molecular complexity index is 1170. The van der Waals surface area contributed by atoms with Crippen LogP contribution < -0.4 is 5.32 Å². The van der Waals surface area contributed by atoms with Crippen molar-refractivity contribution < 1.29 is 9.21 Å². The second kappa shape index (κ2) is 8.39. The lowest BCUT2D eigenvalue weighted by Crippen LogP contribution is -2.11. The highest BCUT2D eigenvalue weighted by Crippen LogP contribution is 2.28. The van der Waals surface area contributed by atoms with Gasteiger partial charge >= 0.3 is 0 Å². The molecule has 2 aromatic carbocycles. The molecule has 0 saturated heterocycles. The number of aromatic nitrogens is 3. The summed E-state index contributed by atoms with van der Waals surface area (Å²) in [4.78, 5) is 13.9. The Hall–Kier alpha value is -2.64. The Labute approximate surface area is 181 Å². The number of furan rings is 1. The molecule has 0 saturated carbocycles. The molecule has 0 bridgehead atoms. The summed E-state index contributed by atoms with van der Waals surface area (Å²) in [5, 5.41) is 12.1. The molecule has 0 spiro atoms. The molecular weight excluding hydrogens is 456 g/mol. The summed E-state index contributed by atoms with van der Waals surface area (Å²) in [7, 11) is 0. The molecule has 0 atom stereocenters. The van der Waals surface area contributed by atoms with Crippen LogP contribution in [0.25, 0.3) is 16.7 Å². The van der Waals surface area contributed by atoms with E-state index in [4.69, 9.17) is 16.0 Å². The van der Waals surface area contributed by atoms with Crippen molar-refractivity contribution >= 4 is 50.2 Å². The molecule has 0 radical (unpaired) electrons. The average Bonchev–Trinajstić information content (AvgIpc) is 3.33. The molecule has 8 heteroatoms. The van der Waals surface area contributed by atoms with Crippen LogP contribution in [0.15, 0.2) is 57.6 Å². The van der Waals surface area contributed by atoms with E-state index in [-0.39, 0.29) is 5.76 Å². The first-order valence-electron chi connectivity index (χ1n) is 9.26. The zero-order valence-electron chi connectivity index (χ0n) is 15.7. The van der Waals surface area contributed by atoms with Gasteiger partial charge in [-0.05, 0) is 70.7 Å². The van der Waals surface area contributed by atoms with Gasteiger partial charge in [-0.25, -0.2) is 0 Å². The number of unbranched alkanes of at least 4 members (excludes halogenated alkanes) is 1. The number of carbonyl (C=O) groups is 1. The highest BCUT2D eigenvalue weighted by atomic mass is 79.9. The number of rotatable bonds is 6. The maximum atomic E-state index is 12.3. The van der Waals surface area contributed by atoms with Gasteiger partial charge in [0.05, 0.1) is 16.4 Å². The van der Waals surface area contributed by atoms with Crippen LogP contribution in [-0.4, -0.2) is 20.9 Å². The fraction of sp³-hybridized carbons (Fsp3) is 0.190. The van der Waals surface area contributed by atoms with Crippen LogP contribution >= 0.6 is 27.5 Å². The van der Waals surface area contributed by atoms with Crippen molar-refractivity contribution in [2.75, 3.05) is 5.32 Å². The number of nitrogens with zero attached hydrogens (tertiary/aromatic N) is 3.